The standard InChI is InChI=1S/C18H22N4O/c1-12-7-8-15(13(2)11-12)20-18(23)16-9-10-17(22-21-16)19-14-5-3-4-6-14/h7-11,14H,3-6H2,1-2H3,(H,19,22)(H,20,23). The molecule has 2 aromatic rings. The van der Waals surface area contributed by atoms with Crippen molar-refractivity contribution in [3.8, 4) is 0 Å². The topological polar surface area (TPSA) is 66.9 Å². The van der Waals surface area contributed by atoms with Crippen LogP contribution in [-0.4, -0.2) is 22.1 Å². The summed E-state index contributed by atoms with van der Waals surface area (Å²) in [6.07, 6.45) is 4.89. The molecule has 1 amide bonds. The second-order valence-corrected chi connectivity index (χ2v) is 6.20. The number of carbonyl (C=O) groups is 1. The summed E-state index contributed by atoms with van der Waals surface area (Å²) < 4.78 is 0. The molecule has 0 spiro atoms. The first kappa shape index (κ1) is 15.5. The Balaban J connectivity index is 1.65. The molecule has 1 fully saturated rings. The largest absolute Gasteiger partial charge is 0.366 e. The van der Waals surface area contributed by atoms with E-state index in [2.05, 4.69) is 20.8 Å². The lowest BCUT2D eigenvalue weighted by Gasteiger charge is -2.12. The van der Waals surface area contributed by atoms with Gasteiger partial charge in [-0.25, -0.2) is 0 Å². The van der Waals surface area contributed by atoms with Gasteiger partial charge < -0.3 is 10.6 Å². The summed E-state index contributed by atoms with van der Waals surface area (Å²) >= 11 is 0. The second kappa shape index (κ2) is 6.77. The molecule has 0 radical (unpaired) electrons. The second-order valence-electron chi connectivity index (χ2n) is 6.20. The van der Waals surface area contributed by atoms with Gasteiger partial charge in [-0.15, -0.1) is 10.2 Å². The van der Waals surface area contributed by atoms with Gasteiger partial charge in [0.25, 0.3) is 5.91 Å². The van der Waals surface area contributed by atoms with E-state index in [1.54, 1.807) is 6.07 Å². The summed E-state index contributed by atoms with van der Waals surface area (Å²) in [5, 5.41) is 14.4. The molecule has 1 aromatic carbocycles. The summed E-state index contributed by atoms with van der Waals surface area (Å²) in [4.78, 5) is 12.3. The quantitative estimate of drug-likeness (QED) is 0.903. The number of nitrogens with zero attached hydrogens (tertiary/aromatic N) is 2. The van der Waals surface area contributed by atoms with Crippen molar-refractivity contribution in [2.45, 2.75) is 45.6 Å². The molecule has 1 saturated carbocycles. The van der Waals surface area contributed by atoms with Gasteiger partial charge in [-0.3, -0.25) is 4.79 Å². The zero-order valence-electron chi connectivity index (χ0n) is 13.6. The molecule has 120 valence electrons. The van der Waals surface area contributed by atoms with Gasteiger partial charge in [-0.05, 0) is 50.5 Å². The number of aromatic nitrogens is 2. The molecule has 1 aliphatic rings. The van der Waals surface area contributed by atoms with E-state index in [9.17, 15) is 4.79 Å². The van der Waals surface area contributed by atoms with Crippen molar-refractivity contribution >= 4 is 17.4 Å². The van der Waals surface area contributed by atoms with Gasteiger partial charge in [-0.2, -0.15) is 0 Å². The highest BCUT2D eigenvalue weighted by Gasteiger charge is 2.16. The minimum Gasteiger partial charge on any atom is -0.366 e. The first-order valence-corrected chi connectivity index (χ1v) is 8.11. The van der Waals surface area contributed by atoms with Crippen molar-refractivity contribution in [1.82, 2.24) is 10.2 Å². The van der Waals surface area contributed by atoms with E-state index < -0.39 is 0 Å². The van der Waals surface area contributed by atoms with Gasteiger partial charge in [0.1, 0.15) is 5.82 Å². The van der Waals surface area contributed by atoms with Crippen LogP contribution in [0.1, 0.15) is 47.3 Å². The molecule has 2 N–H and O–H groups in total. The molecule has 0 bridgehead atoms. The molecule has 5 nitrogen and oxygen atoms in total. The first-order valence-electron chi connectivity index (χ1n) is 8.11. The minimum atomic E-state index is -0.239. The summed E-state index contributed by atoms with van der Waals surface area (Å²) in [5.41, 5.74) is 3.32. The smallest absolute Gasteiger partial charge is 0.276 e. The number of benzene rings is 1. The van der Waals surface area contributed by atoms with Crippen LogP contribution in [0.5, 0.6) is 0 Å². The molecule has 1 aromatic heterocycles. The van der Waals surface area contributed by atoms with Crippen molar-refractivity contribution in [3.05, 3.63) is 47.2 Å². The molecule has 3 rings (SSSR count). The average Bonchev–Trinajstić information content (AvgIpc) is 3.04. The van der Waals surface area contributed by atoms with Crippen LogP contribution in [0.4, 0.5) is 11.5 Å². The van der Waals surface area contributed by atoms with Crippen molar-refractivity contribution in [3.63, 3.8) is 0 Å². The first-order chi connectivity index (χ1) is 11.1. The maximum atomic E-state index is 12.3. The number of hydrogen-bond acceptors (Lipinski definition) is 4. The number of anilines is 2. The fraction of sp³-hybridized carbons (Fsp3) is 0.389. The van der Waals surface area contributed by atoms with Crippen LogP contribution in [0.3, 0.4) is 0 Å². The van der Waals surface area contributed by atoms with Crippen LogP contribution in [0.25, 0.3) is 0 Å². The van der Waals surface area contributed by atoms with Crippen molar-refractivity contribution in [1.29, 1.82) is 0 Å². The third-order valence-corrected chi connectivity index (χ3v) is 4.23. The van der Waals surface area contributed by atoms with Gasteiger partial charge in [0, 0.05) is 11.7 Å². The van der Waals surface area contributed by atoms with E-state index >= 15 is 0 Å². The third-order valence-electron chi connectivity index (χ3n) is 4.23. The molecule has 1 heterocycles. The Labute approximate surface area is 136 Å². The van der Waals surface area contributed by atoms with Gasteiger partial charge >= 0.3 is 0 Å². The van der Waals surface area contributed by atoms with Crippen LogP contribution in [0, 0.1) is 13.8 Å². The Morgan fingerprint density at radius 1 is 1.09 bits per heavy atom. The predicted octanol–water partition coefficient (Wildman–Crippen LogP) is 3.70. The highest BCUT2D eigenvalue weighted by atomic mass is 16.1. The highest BCUT2D eigenvalue weighted by Crippen LogP contribution is 2.21. The van der Waals surface area contributed by atoms with E-state index in [0.717, 1.165) is 17.1 Å². The van der Waals surface area contributed by atoms with E-state index in [0.29, 0.717) is 11.7 Å². The Hall–Kier alpha value is -2.43. The molecule has 0 aliphatic heterocycles. The molecule has 0 unspecified atom stereocenters. The van der Waals surface area contributed by atoms with E-state index in [1.807, 2.05) is 38.1 Å². The third kappa shape index (κ3) is 3.86. The fourth-order valence-corrected chi connectivity index (χ4v) is 2.95. The normalized spacial score (nSPS) is 14.7. The lowest BCUT2D eigenvalue weighted by Crippen LogP contribution is -2.18. The molecule has 0 atom stereocenters. The van der Waals surface area contributed by atoms with Crippen molar-refractivity contribution < 1.29 is 4.79 Å². The van der Waals surface area contributed by atoms with E-state index in [4.69, 9.17) is 0 Å². The molecule has 0 saturated heterocycles. The van der Waals surface area contributed by atoms with Gasteiger partial charge in [-0.1, -0.05) is 30.5 Å². The lowest BCUT2D eigenvalue weighted by molar-refractivity contribution is 0.102. The number of aryl methyl sites for hydroxylation is 2. The minimum absolute atomic E-state index is 0.239. The van der Waals surface area contributed by atoms with Crippen LogP contribution >= 0.6 is 0 Å². The number of rotatable bonds is 4. The molecular weight excluding hydrogens is 288 g/mol. The van der Waals surface area contributed by atoms with Crippen molar-refractivity contribution in [2.24, 2.45) is 0 Å². The maximum absolute atomic E-state index is 12.3. The Bertz CT molecular complexity index is 691. The highest BCUT2D eigenvalue weighted by molar-refractivity contribution is 6.03. The maximum Gasteiger partial charge on any atom is 0.276 e. The zero-order chi connectivity index (χ0) is 16.2. The Kier molecular flexibility index (Phi) is 4.55. The number of nitrogens with one attached hydrogen (secondary N) is 2. The molecule has 23 heavy (non-hydrogen) atoms. The van der Waals surface area contributed by atoms with E-state index in [-0.39, 0.29) is 5.91 Å². The van der Waals surface area contributed by atoms with Crippen LogP contribution < -0.4 is 10.6 Å². The lowest BCUT2D eigenvalue weighted by atomic mass is 10.1. The Morgan fingerprint density at radius 2 is 1.87 bits per heavy atom. The van der Waals surface area contributed by atoms with Crippen LogP contribution in [0.2, 0.25) is 0 Å². The summed E-state index contributed by atoms with van der Waals surface area (Å²) in [5.74, 6) is 0.497. The number of hydrogen-bond donors (Lipinski definition) is 2. The van der Waals surface area contributed by atoms with Gasteiger partial charge in [0.15, 0.2) is 5.69 Å². The summed E-state index contributed by atoms with van der Waals surface area (Å²) in [6, 6.07) is 9.94. The van der Waals surface area contributed by atoms with Crippen molar-refractivity contribution in [2.75, 3.05) is 10.6 Å². The SMILES string of the molecule is Cc1ccc(NC(=O)c2ccc(NC3CCCC3)nn2)c(C)c1. The molecular formula is C18H22N4O. The van der Waals surface area contributed by atoms with Gasteiger partial charge in [0.05, 0.1) is 0 Å². The number of carbonyl (C=O) groups excluding carboxylic acids is 1. The predicted molar refractivity (Wildman–Crippen MR) is 91.8 cm³/mol. The van der Waals surface area contributed by atoms with Crippen LogP contribution in [0.15, 0.2) is 30.3 Å². The average molecular weight is 310 g/mol. The number of amides is 1. The Morgan fingerprint density at radius 3 is 2.52 bits per heavy atom. The van der Waals surface area contributed by atoms with E-state index in [1.165, 1.54) is 31.2 Å². The fourth-order valence-electron chi connectivity index (χ4n) is 2.95. The summed E-state index contributed by atoms with van der Waals surface area (Å²) in [7, 11) is 0. The monoisotopic (exact) mass is 310 g/mol. The zero-order valence-corrected chi connectivity index (χ0v) is 13.6. The molecule has 5 heteroatoms. The van der Waals surface area contributed by atoms with Gasteiger partial charge in [0.2, 0.25) is 0 Å². The van der Waals surface area contributed by atoms with Crippen LogP contribution in [-0.2, 0) is 0 Å². The summed E-state index contributed by atoms with van der Waals surface area (Å²) in [6.45, 7) is 4.00. The molecule has 1 aliphatic carbocycles.